The van der Waals surface area contributed by atoms with Gasteiger partial charge in [0.1, 0.15) is 0 Å². The molecule has 2 rings (SSSR count). The van der Waals surface area contributed by atoms with Crippen LogP contribution in [0.3, 0.4) is 0 Å². The summed E-state index contributed by atoms with van der Waals surface area (Å²) >= 11 is 13.5. The minimum atomic E-state index is -0.0243. The fourth-order valence-corrected chi connectivity index (χ4v) is 3.49. The van der Waals surface area contributed by atoms with E-state index in [2.05, 4.69) is 24.4 Å². The van der Waals surface area contributed by atoms with Crippen molar-refractivity contribution in [2.24, 2.45) is 0 Å². The van der Waals surface area contributed by atoms with Gasteiger partial charge in [-0.05, 0) is 23.6 Å². The van der Waals surface area contributed by atoms with Crippen LogP contribution in [0.15, 0.2) is 53.4 Å². The average molecular weight is 354 g/mol. The van der Waals surface area contributed by atoms with Gasteiger partial charge in [0.25, 0.3) is 0 Å². The lowest BCUT2D eigenvalue weighted by molar-refractivity contribution is -0.118. The average Bonchev–Trinajstić information content (AvgIpc) is 2.53. The Morgan fingerprint density at radius 1 is 1.09 bits per heavy atom. The molecule has 1 amide bonds. The van der Waals surface area contributed by atoms with Crippen LogP contribution in [-0.4, -0.2) is 18.2 Å². The number of thioether (sulfide) groups is 1. The highest BCUT2D eigenvalue weighted by atomic mass is 35.5. The molecule has 0 bridgehead atoms. The highest BCUT2D eigenvalue weighted by molar-refractivity contribution is 8.00. The fourth-order valence-electron chi connectivity index (χ4n) is 1.98. The highest BCUT2D eigenvalue weighted by Gasteiger charge is 2.11. The summed E-state index contributed by atoms with van der Waals surface area (Å²) in [4.78, 5) is 12.7. The Kier molecular flexibility index (Phi) is 6.62. The van der Waals surface area contributed by atoms with Gasteiger partial charge in [0.15, 0.2) is 0 Å². The Morgan fingerprint density at radius 3 is 2.36 bits per heavy atom. The van der Waals surface area contributed by atoms with Crippen LogP contribution < -0.4 is 5.32 Å². The Bertz CT molecular complexity index is 614. The number of rotatable bonds is 6. The lowest BCUT2D eigenvalue weighted by Gasteiger charge is -2.13. The van der Waals surface area contributed by atoms with Gasteiger partial charge in [-0.25, -0.2) is 0 Å². The van der Waals surface area contributed by atoms with Crippen molar-refractivity contribution in [3.63, 3.8) is 0 Å². The van der Waals surface area contributed by atoms with E-state index in [-0.39, 0.29) is 11.8 Å². The Labute approximate surface area is 145 Å². The molecule has 0 aliphatic carbocycles. The SMILES string of the molecule is C[C@@H](CNC(=O)CSc1c(Cl)cccc1Cl)c1ccccc1. The summed E-state index contributed by atoms with van der Waals surface area (Å²) in [5.41, 5.74) is 1.21. The smallest absolute Gasteiger partial charge is 0.230 e. The maximum atomic E-state index is 12.0. The summed E-state index contributed by atoms with van der Waals surface area (Å²) in [6.45, 7) is 2.70. The number of benzene rings is 2. The molecule has 0 unspecified atom stereocenters. The molecule has 22 heavy (non-hydrogen) atoms. The Balaban J connectivity index is 1.81. The molecule has 116 valence electrons. The predicted octanol–water partition coefficient (Wildman–Crippen LogP) is 5.01. The monoisotopic (exact) mass is 353 g/mol. The van der Waals surface area contributed by atoms with Crippen LogP contribution in [0.5, 0.6) is 0 Å². The third-order valence-electron chi connectivity index (χ3n) is 3.24. The van der Waals surface area contributed by atoms with Gasteiger partial charge in [0.05, 0.1) is 15.8 Å². The van der Waals surface area contributed by atoms with E-state index in [1.165, 1.54) is 17.3 Å². The molecule has 0 spiro atoms. The van der Waals surface area contributed by atoms with Crippen LogP contribution in [0, 0.1) is 0 Å². The summed E-state index contributed by atoms with van der Waals surface area (Å²) < 4.78 is 0. The van der Waals surface area contributed by atoms with E-state index >= 15 is 0 Å². The van der Waals surface area contributed by atoms with E-state index in [0.717, 1.165) is 4.90 Å². The molecule has 0 aliphatic rings. The fraction of sp³-hybridized carbons (Fsp3) is 0.235. The van der Waals surface area contributed by atoms with Gasteiger partial charge < -0.3 is 5.32 Å². The molecule has 2 aromatic carbocycles. The van der Waals surface area contributed by atoms with Crippen molar-refractivity contribution in [1.82, 2.24) is 5.32 Å². The summed E-state index contributed by atoms with van der Waals surface area (Å²) in [7, 11) is 0. The van der Waals surface area contributed by atoms with Crippen molar-refractivity contribution < 1.29 is 4.79 Å². The van der Waals surface area contributed by atoms with E-state index in [4.69, 9.17) is 23.2 Å². The second-order valence-corrected chi connectivity index (χ2v) is 6.76. The van der Waals surface area contributed by atoms with Crippen LogP contribution in [0.25, 0.3) is 0 Å². The maximum Gasteiger partial charge on any atom is 0.230 e. The van der Waals surface area contributed by atoms with Gasteiger partial charge in [-0.15, -0.1) is 11.8 Å². The van der Waals surface area contributed by atoms with Crippen molar-refractivity contribution >= 4 is 40.9 Å². The minimum absolute atomic E-state index is 0.0243. The number of carbonyl (C=O) groups is 1. The first-order valence-corrected chi connectivity index (χ1v) is 8.70. The van der Waals surface area contributed by atoms with Crippen LogP contribution >= 0.6 is 35.0 Å². The zero-order valence-electron chi connectivity index (χ0n) is 12.2. The molecule has 0 fully saturated rings. The second kappa shape index (κ2) is 8.47. The van der Waals surface area contributed by atoms with Crippen molar-refractivity contribution in [2.75, 3.05) is 12.3 Å². The molecule has 1 atom stereocenters. The first kappa shape index (κ1) is 17.2. The first-order chi connectivity index (χ1) is 10.6. The van der Waals surface area contributed by atoms with E-state index < -0.39 is 0 Å². The number of nitrogens with one attached hydrogen (secondary N) is 1. The maximum absolute atomic E-state index is 12.0. The lowest BCUT2D eigenvalue weighted by Crippen LogP contribution is -2.28. The normalized spacial score (nSPS) is 12.0. The third kappa shape index (κ3) is 4.94. The number of amides is 1. The van der Waals surface area contributed by atoms with Crippen molar-refractivity contribution in [3.05, 3.63) is 64.1 Å². The first-order valence-electron chi connectivity index (χ1n) is 6.96. The summed E-state index contributed by atoms with van der Waals surface area (Å²) in [5, 5.41) is 4.09. The Hall–Kier alpha value is -1.16. The minimum Gasteiger partial charge on any atom is -0.355 e. The molecule has 2 nitrogen and oxygen atoms in total. The van der Waals surface area contributed by atoms with Crippen LogP contribution in [0.4, 0.5) is 0 Å². The van der Waals surface area contributed by atoms with Gasteiger partial charge in [-0.3, -0.25) is 4.79 Å². The molecule has 0 aromatic heterocycles. The quantitative estimate of drug-likeness (QED) is 0.739. The summed E-state index contributed by atoms with van der Waals surface area (Å²) in [5.74, 6) is 0.549. The van der Waals surface area contributed by atoms with Crippen LogP contribution in [0.1, 0.15) is 18.4 Å². The van der Waals surface area contributed by atoms with Crippen molar-refractivity contribution in [3.8, 4) is 0 Å². The van der Waals surface area contributed by atoms with E-state index in [1.807, 2.05) is 18.2 Å². The molecule has 5 heteroatoms. The van der Waals surface area contributed by atoms with E-state index in [0.29, 0.717) is 22.3 Å². The Morgan fingerprint density at radius 2 is 1.73 bits per heavy atom. The zero-order chi connectivity index (χ0) is 15.9. The lowest BCUT2D eigenvalue weighted by atomic mass is 10.0. The third-order valence-corrected chi connectivity index (χ3v) is 5.23. The van der Waals surface area contributed by atoms with Gasteiger partial charge in [0, 0.05) is 11.4 Å². The predicted molar refractivity (Wildman–Crippen MR) is 95.1 cm³/mol. The summed E-state index contributed by atoms with van der Waals surface area (Å²) in [6.07, 6.45) is 0. The number of hydrogen-bond donors (Lipinski definition) is 1. The topological polar surface area (TPSA) is 29.1 Å². The molecule has 1 N–H and O–H groups in total. The van der Waals surface area contributed by atoms with Crippen LogP contribution in [-0.2, 0) is 4.79 Å². The van der Waals surface area contributed by atoms with E-state index in [9.17, 15) is 4.79 Å². The summed E-state index contributed by atoms with van der Waals surface area (Å²) in [6, 6.07) is 15.4. The largest absolute Gasteiger partial charge is 0.355 e. The number of hydrogen-bond acceptors (Lipinski definition) is 2. The molecule has 0 saturated heterocycles. The molecule has 0 aliphatic heterocycles. The van der Waals surface area contributed by atoms with Gasteiger partial charge in [-0.2, -0.15) is 0 Å². The van der Waals surface area contributed by atoms with Crippen molar-refractivity contribution in [1.29, 1.82) is 0 Å². The molecular weight excluding hydrogens is 337 g/mol. The van der Waals surface area contributed by atoms with Gasteiger partial charge in [-0.1, -0.05) is 66.5 Å². The van der Waals surface area contributed by atoms with Gasteiger partial charge >= 0.3 is 0 Å². The van der Waals surface area contributed by atoms with Crippen molar-refractivity contribution in [2.45, 2.75) is 17.7 Å². The molecule has 0 radical (unpaired) electrons. The molecule has 0 saturated carbocycles. The molecule has 0 heterocycles. The zero-order valence-corrected chi connectivity index (χ0v) is 14.5. The number of halogens is 2. The number of carbonyl (C=O) groups excluding carboxylic acids is 1. The molecular formula is C17H17Cl2NOS. The standard InChI is InChI=1S/C17H17Cl2NOS/c1-12(13-6-3-2-4-7-13)10-20-16(21)11-22-17-14(18)8-5-9-15(17)19/h2-9,12H,10-11H2,1H3,(H,20,21)/t12-/m0/s1. The second-order valence-electron chi connectivity index (χ2n) is 4.96. The van der Waals surface area contributed by atoms with Crippen LogP contribution in [0.2, 0.25) is 10.0 Å². The molecule has 2 aromatic rings. The van der Waals surface area contributed by atoms with E-state index in [1.54, 1.807) is 18.2 Å². The van der Waals surface area contributed by atoms with Gasteiger partial charge in [0.2, 0.25) is 5.91 Å². The highest BCUT2D eigenvalue weighted by Crippen LogP contribution is 2.33.